The lowest BCUT2D eigenvalue weighted by molar-refractivity contribution is -0.151. The molecule has 120 valence electrons. The number of carbonyl (C=O) groups is 3. The van der Waals surface area contributed by atoms with Gasteiger partial charge in [0.05, 0.1) is 24.7 Å². The van der Waals surface area contributed by atoms with Crippen molar-refractivity contribution in [3.8, 4) is 0 Å². The zero-order valence-corrected chi connectivity index (χ0v) is 13.2. The summed E-state index contributed by atoms with van der Waals surface area (Å²) in [6, 6.07) is 6.08. The molecule has 1 rings (SSSR count). The Hall–Kier alpha value is -2.37. The number of nitrogens with one attached hydrogen (secondary N) is 1. The van der Waals surface area contributed by atoms with Crippen LogP contribution in [-0.2, 0) is 14.3 Å². The fraction of sp³-hybridized carbons (Fsp3) is 0.438. The van der Waals surface area contributed by atoms with Gasteiger partial charge < -0.3 is 14.8 Å². The maximum absolute atomic E-state index is 12.0. The van der Waals surface area contributed by atoms with Gasteiger partial charge in [-0.3, -0.25) is 9.59 Å². The first-order valence-corrected chi connectivity index (χ1v) is 7.02. The highest BCUT2D eigenvalue weighted by Crippen LogP contribution is 2.06. The van der Waals surface area contributed by atoms with Crippen LogP contribution >= 0.6 is 0 Å². The summed E-state index contributed by atoms with van der Waals surface area (Å²) in [6.07, 6.45) is -0.184. The van der Waals surface area contributed by atoms with E-state index in [4.69, 9.17) is 4.74 Å². The number of methoxy groups -OCH3 is 1. The van der Waals surface area contributed by atoms with Crippen LogP contribution in [0.15, 0.2) is 24.3 Å². The van der Waals surface area contributed by atoms with Crippen LogP contribution in [0.4, 0.5) is 0 Å². The standard InChI is InChI=1S/C16H21NO5/c1-10(2)22-15(19)11(3)9-17-14(18)12-5-7-13(8-6-12)16(20)21-4/h5-8,10-11H,9H2,1-4H3,(H,17,18)/t11-/m1/s1. The summed E-state index contributed by atoms with van der Waals surface area (Å²) in [5, 5.41) is 2.66. The van der Waals surface area contributed by atoms with Gasteiger partial charge in [0.15, 0.2) is 0 Å². The first-order chi connectivity index (χ1) is 10.3. The van der Waals surface area contributed by atoms with Gasteiger partial charge in [-0.1, -0.05) is 6.92 Å². The fourth-order valence-corrected chi connectivity index (χ4v) is 1.66. The molecule has 0 unspecified atom stereocenters. The Morgan fingerprint density at radius 2 is 1.59 bits per heavy atom. The normalized spacial score (nSPS) is 11.7. The molecule has 1 aromatic rings. The van der Waals surface area contributed by atoms with Crippen molar-refractivity contribution in [1.29, 1.82) is 0 Å². The molecule has 0 fully saturated rings. The largest absolute Gasteiger partial charge is 0.465 e. The van der Waals surface area contributed by atoms with Crippen LogP contribution in [0.5, 0.6) is 0 Å². The van der Waals surface area contributed by atoms with E-state index >= 15 is 0 Å². The Labute approximate surface area is 129 Å². The summed E-state index contributed by atoms with van der Waals surface area (Å²) >= 11 is 0. The van der Waals surface area contributed by atoms with Crippen molar-refractivity contribution < 1.29 is 23.9 Å². The number of hydrogen-bond donors (Lipinski definition) is 1. The second-order valence-corrected chi connectivity index (χ2v) is 5.17. The van der Waals surface area contributed by atoms with Crippen molar-refractivity contribution >= 4 is 17.8 Å². The van der Waals surface area contributed by atoms with Gasteiger partial charge in [-0.25, -0.2) is 4.79 Å². The van der Waals surface area contributed by atoms with Crippen molar-refractivity contribution in [2.75, 3.05) is 13.7 Å². The average molecular weight is 307 g/mol. The van der Waals surface area contributed by atoms with Crippen LogP contribution in [0, 0.1) is 5.92 Å². The van der Waals surface area contributed by atoms with E-state index in [-0.39, 0.29) is 24.5 Å². The molecule has 0 aliphatic heterocycles. The van der Waals surface area contributed by atoms with E-state index < -0.39 is 11.9 Å². The molecule has 0 saturated carbocycles. The van der Waals surface area contributed by atoms with Crippen LogP contribution in [0.25, 0.3) is 0 Å². The molecule has 0 saturated heterocycles. The van der Waals surface area contributed by atoms with Gasteiger partial charge in [-0.15, -0.1) is 0 Å². The Morgan fingerprint density at radius 1 is 1.05 bits per heavy atom. The molecule has 0 heterocycles. The highest BCUT2D eigenvalue weighted by Gasteiger charge is 2.17. The monoisotopic (exact) mass is 307 g/mol. The van der Waals surface area contributed by atoms with Gasteiger partial charge in [0.1, 0.15) is 0 Å². The molecule has 0 radical (unpaired) electrons. The van der Waals surface area contributed by atoms with Gasteiger partial charge in [0.25, 0.3) is 5.91 Å². The predicted molar refractivity (Wildman–Crippen MR) is 80.5 cm³/mol. The van der Waals surface area contributed by atoms with Gasteiger partial charge in [-0.2, -0.15) is 0 Å². The predicted octanol–water partition coefficient (Wildman–Crippen LogP) is 1.79. The van der Waals surface area contributed by atoms with Crippen molar-refractivity contribution in [1.82, 2.24) is 5.32 Å². The Morgan fingerprint density at radius 3 is 2.09 bits per heavy atom. The van der Waals surface area contributed by atoms with E-state index in [2.05, 4.69) is 10.1 Å². The van der Waals surface area contributed by atoms with E-state index in [1.807, 2.05) is 0 Å². The molecular weight excluding hydrogens is 286 g/mol. The van der Waals surface area contributed by atoms with Crippen molar-refractivity contribution in [2.45, 2.75) is 26.9 Å². The lowest BCUT2D eigenvalue weighted by Crippen LogP contribution is -2.33. The second kappa shape index (κ2) is 8.17. The van der Waals surface area contributed by atoms with E-state index in [0.717, 1.165) is 0 Å². The van der Waals surface area contributed by atoms with Gasteiger partial charge in [0.2, 0.25) is 0 Å². The SMILES string of the molecule is COC(=O)c1ccc(C(=O)NC[C@@H](C)C(=O)OC(C)C)cc1. The van der Waals surface area contributed by atoms with Gasteiger partial charge in [-0.05, 0) is 38.1 Å². The third-order valence-corrected chi connectivity index (χ3v) is 2.89. The van der Waals surface area contributed by atoms with Crippen LogP contribution < -0.4 is 5.32 Å². The lowest BCUT2D eigenvalue weighted by atomic mass is 10.1. The number of rotatable bonds is 6. The minimum Gasteiger partial charge on any atom is -0.465 e. The van der Waals surface area contributed by atoms with Crippen LogP contribution in [0.1, 0.15) is 41.5 Å². The fourth-order valence-electron chi connectivity index (χ4n) is 1.66. The van der Waals surface area contributed by atoms with Crippen molar-refractivity contribution in [3.05, 3.63) is 35.4 Å². The second-order valence-electron chi connectivity index (χ2n) is 5.17. The molecule has 6 heteroatoms. The van der Waals surface area contributed by atoms with E-state index in [1.54, 1.807) is 20.8 Å². The minimum absolute atomic E-state index is 0.184. The molecule has 1 N–H and O–H groups in total. The molecule has 0 aliphatic rings. The lowest BCUT2D eigenvalue weighted by Gasteiger charge is -2.14. The summed E-state index contributed by atoms with van der Waals surface area (Å²) in [5.74, 6) is -1.56. The first kappa shape index (κ1) is 17.7. The number of hydrogen-bond acceptors (Lipinski definition) is 5. The van der Waals surface area contributed by atoms with E-state index in [1.165, 1.54) is 31.4 Å². The maximum Gasteiger partial charge on any atom is 0.337 e. The molecule has 0 aromatic heterocycles. The van der Waals surface area contributed by atoms with Gasteiger partial charge in [0, 0.05) is 12.1 Å². The summed E-state index contributed by atoms with van der Waals surface area (Å²) in [5.41, 5.74) is 0.769. The zero-order chi connectivity index (χ0) is 16.7. The first-order valence-electron chi connectivity index (χ1n) is 7.02. The quantitative estimate of drug-likeness (QED) is 0.810. The number of amides is 1. The third kappa shape index (κ3) is 5.20. The number of esters is 2. The summed E-state index contributed by atoms with van der Waals surface area (Å²) in [4.78, 5) is 34.9. The molecule has 1 atom stereocenters. The van der Waals surface area contributed by atoms with Crippen LogP contribution in [0.3, 0.4) is 0 Å². The van der Waals surface area contributed by atoms with Crippen molar-refractivity contribution in [3.63, 3.8) is 0 Å². The highest BCUT2D eigenvalue weighted by atomic mass is 16.5. The highest BCUT2D eigenvalue weighted by molar-refractivity contribution is 5.96. The maximum atomic E-state index is 12.0. The number of ether oxygens (including phenoxy) is 2. The van der Waals surface area contributed by atoms with Gasteiger partial charge >= 0.3 is 11.9 Å². The Kier molecular flexibility index (Phi) is 6.56. The molecule has 6 nitrogen and oxygen atoms in total. The van der Waals surface area contributed by atoms with Crippen LogP contribution in [0.2, 0.25) is 0 Å². The van der Waals surface area contributed by atoms with Crippen molar-refractivity contribution in [2.24, 2.45) is 5.92 Å². The minimum atomic E-state index is -0.461. The molecule has 1 amide bonds. The smallest absolute Gasteiger partial charge is 0.337 e. The molecule has 22 heavy (non-hydrogen) atoms. The molecule has 0 aliphatic carbocycles. The zero-order valence-electron chi connectivity index (χ0n) is 13.2. The Bertz CT molecular complexity index is 536. The molecule has 0 spiro atoms. The van der Waals surface area contributed by atoms with Crippen LogP contribution in [-0.4, -0.2) is 37.6 Å². The summed E-state index contributed by atoms with van der Waals surface area (Å²) in [6.45, 7) is 5.41. The third-order valence-electron chi connectivity index (χ3n) is 2.89. The molecular formula is C16H21NO5. The van der Waals surface area contributed by atoms with E-state index in [9.17, 15) is 14.4 Å². The summed E-state index contributed by atoms with van der Waals surface area (Å²) < 4.78 is 9.65. The summed E-state index contributed by atoms with van der Waals surface area (Å²) in [7, 11) is 1.29. The average Bonchev–Trinajstić information content (AvgIpc) is 2.50. The molecule has 1 aromatic carbocycles. The molecule has 0 bridgehead atoms. The Balaban J connectivity index is 2.55. The van der Waals surface area contributed by atoms with E-state index in [0.29, 0.717) is 11.1 Å². The number of benzene rings is 1. The number of carbonyl (C=O) groups excluding carboxylic acids is 3. The topological polar surface area (TPSA) is 81.7 Å².